The molecule has 0 radical (unpaired) electrons. The van der Waals surface area contributed by atoms with Crippen LogP contribution in [0.3, 0.4) is 0 Å². The Kier molecular flexibility index (Phi) is 3.53. The molecule has 6 nitrogen and oxygen atoms in total. The lowest BCUT2D eigenvalue weighted by atomic mass is 10.2. The van der Waals surface area contributed by atoms with Crippen molar-refractivity contribution in [2.24, 2.45) is 0 Å². The highest BCUT2D eigenvalue weighted by atomic mass is 16.2. The van der Waals surface area contributed by atoms with Gasteiger partial charge in [-0.1, -0.05) is 0 Å². The van der Waals surface area contributed by atoms with Gasteiger partial charge >= 0.3 is 0 Å². The summed E-state index contributed by atoms with van der Waals surface area (Å²) in [7, 11) is 0. The lowest BCUT2D eigenvalue weighted by molar-refractivity contribution is -0.133. The van der Waals surface area contributed by atoms with Crippen molar-refractivity contribution in [3.05, 3.63) is 35.2 Å². The van der Waals surface area contributed by atoms with Crippen LogP contribution in [0.2, 0.25) is 0 Å². The molecule has 1 atom stereocenters. The number of hydrogen-bond donors (Lipinski definition) is 1. The third-order valence-corrected chi connectivity index (χ3v) is 4.00. The van der Waals surface area contributed by atoms with E-state index in [-0.39, 0.29) is 11.9 Å². The fraction of sp³-hybridized carbons (Fsp3) is 0.533. The van der Waals surface area contributed by atoms with E-state index in [1.54, 1.807) is 4.68 Å². The zero-order valence-electron chi connectivity index (χ0n) is 12.8. The molecular formula is C15H21N5O. The van der Waals surface area contributed by atoms with Crippen molar-refractivity contribution in [3.8, 4) is 0 Å². The van der Waals surface area contributed by atoms with Crippen LogP contribution in [0, 0.1) is 20.8 Å². The largest absolute Gasteiger partial charge is 0.344 e. The highest BCUT2D eigenvalue weighted by Gasteiger charge is 2.31. The highest BCUT2D eigenvalue weighted by molar-refractivity contribution is 5.76. The maximum atomic E-state index is 12.6. The number of rotatable bonds is 3. The predicted molar refractivity (Wildman–Crippen MR) is 78.7 cm³/mol. The molecule has 0 unspecified atom stereocenters. The fourth-order valence-corrected chi connectivity index (χ4v) is 3.01. The Labute approximate surface area is 124 Å². The summed E-state index contributed by atoms with van der Waals surface area (Å²) < 4.78 is 1.78. The average molecular weight is 287 g/mol. The van der Waals surface area contributed by atoms with Gasteiger partial charge in [0.15, 0.2) is 0 Å². The van der Waals surface area contributed by atoms with Crippen molar-refractivity contribution >= 4 is 5.91 Å². The summed E-state index contributed by atoms with van der Waals surface area (Å²) in [6.45, 7) is 6.99. The zero-order valence-corrected chi connectivity index (χ0v) is 12.8. The SMILES string of the molecule is Cc1cc(C)n(CC(=O)N2CCC[C@@H]2c2ncc(C)[nH]2)n1. The van der Waals surface area contributed by atoms with Crippen LogP contribution in [-0.4, -0.2) is 37.1 Å². The van der Waals surface area contributed by atoms with Gasteiger partial charge in [-0.05, 0) is 39.7 Å². The second kappa shape index (κ2) is 5.35. The number of hydrogen-bond acceptors (Lipinski definition) is 3. The van der Waals surface area contributed by atoms with Gasteiger partial charge in [0.1, 0.15) is 12.4 Å². The number of likely N-dealkylation sites (tertiary alicyclic amines) is 1. The van der Waals surface area contributed by atoms with Crippen LogP contribution in [0.25, 0.3) is 0 Å². The summed E-state index contributed by atoms with van der Waals surface area (Å²) >= 11 is 0. The van der Waals surface area contributed by atoms with E-state index in [9.17, 15) is 4.79 Å². The number of carbonyl (C=O) groups is 1. The molecule has 2 aromatic rings. The number of aromatic nitrogens is 4. The van der Waals surface area contributed by atoms with Gasteiger partial charge < -0.3 is 9.88 Å². The van der Waals surface area contributed by atoms with Gasteiger partial charge in [0.2, 0.25) is 5.91 Å². The number of carbonyl (C=O) groups excluding carboxylic acids is 1. The molecular weight excluding hydrogens is 266 g/mol. The molecule has 6 heteroatoms. The minimum atomic E-state index is 0.0724. The first-order valence-corrected chi connectivity index (χ1v) is 7.36. The Morgan fingerprint density at radius 2 is 2.24 bits per heavy atom. The normalized spacial score (nSPS) is 18.4. The van der Waals surface area contributed by atoms with E-state index in [1.165, 1.54) is 0 Å². The molecule has 0 saturated carbocycles. The smallest absolute Gasteiger partial charge is 0.244 e. The molecule has 1 N–H and O–H groups in total. The summed E-state index contributed by atoms with van der Waals surface area (Å²) in [5, 5.41) is 4.37. The fourth-order valence-electron chi connectivity index (χ4n) is 3.01. The van der Waals surface area contributed by atoms with Crippen LogP contribution < -0.4 is 0 Å². The first kappa shape index (κ1) is 13.9. The molecule has 1 aliphatic heterocycles. The van der Waals surface area contributed by atoms with E-state index in [0.29, 0.717) is 6.54 Å². The summed E-state index contributed by atoms with van der Waals surface area (Å²) in [5.41, 5.74) is 2.99. The van der Waals surface area contributed by atoms with Gasteiger partial charge in [0.05, 0.1) is 11.7 Å². The van der Waals surface area contributed by atoms with E-state index >= 15 is 0 Å². The Bertz CT molecular complexity index is 657. The number of nitrogens with one attached hydrogen (secondary N) is 1. The number of H-pyrrole nitrogens is 1. The Balaban J connectivity index is 1.75. The van der Waals surface area contributed by atoms with Gasteiger partial charge in [-0.2, -0.15) is 5.10 Å². The van der Waals surface area contributed by atoms with Crippen molar-refractivity contribution in [2.45, 2.75) is 46.2 Å². The van der Waals surface area contributed by atoms with E-state index < -0.39 is 0 Å². The third-order valence-electron chi connectivity index (χ3n) is 4.00. The number of aromatic amines is 1. The minimum absolute atomic E-state index is 0.0724. The van der Waals surface area contributed by atoms with E-state index in [1.807, 2.05) is 37.9 Å². The predicted octanol–water partition coefficient (Wildman–Crippen LogP) is 1.90. The van der Waals surface area contributed by atoms with E-state index in [4.69, 9.17) is 0 Å². The van der Waals surface area contributed by atoms with Crippen LogP contribution in [0.4, 0.5) is 0 Å². The van der Waals surface area contributed by atoms with E-state index in [0.717, 1.165) is 42.3 Å². The maximum Gasteiger partial charge on any atom is 0.244 e. The molecule has 1 aliphatic rings. The molecule has 3 rings (SSSR count). The molecule has 2 aromatic heterocycles. The summed E-state index contributed by atoms with van der Waals surface area (Å²) in [6.07, 6.45) is 3.81. The lowest BCUT2D eigenvalue weighted by Crippen LogP contribution is -2.34. The molecule has 112 valence electrons. The monoisotopic (exact) mass is 287 g/mol. The summed E-state index contributed by atoms with van der Waals surface area (Å²) in [5.74, 6) is 1.00. The second-order valence-corrected chi connectivity index (χ2v) is 5.78. The maximum absolute atomic E-state index is 12.6. The molecule has 0 aliphatic carbocycles. The number of aryl methyl sites for hydroxylation is 3. The van der Waals surface area contributed by atoms with E-state index in [2.05, 4.69) is 15.1 Å². The van der Waals surface area contributed by atoms with Gasteiger partial charge in [0.25, 0.3) is 0 Å². The van der Waals surface area contributed by atoms with Crippen LogP contribution >= 0.6 is 0 Å². The second-order valence-electron chi connectivity index (χ2n) is 5.78. The number of amides is 1. The average Bonchev–Trinajstić information content (AvgIpc) is 3.10. The molecule has 21 heavy (non-hydrogen) atoms. The molecule has 0 aromatic carbocycles. The lowest BCUT2D eigenvalue weighted by Gasteiger charge is -2.23. The van der Waals surface area contributed by atoms with Crippen LogP contribution in [0.5, 0.6) is 0 Å². The first-order valence-electron chi connectivity index (χ1n) is 7.36. The Morgan fingerprint density at radius 1 is 1.43 bits per heavy atom. The molecule has 3 heterocycles. The Hall–Kier alpha value is -2.11. The van der Waals surface area contributed by atoms with Gasteiger partial charge in [-0.25, -0.2) is 4.98 Å². The number of imidazole rings is 1. The topological polar surface area (TPSA) is 66.8 Å². The first-order chi connectivity index (χ1) is 10.0. The van der Waals surface area contributed by atoms with Crippen molar-refractivity contribution in [1.82, 2.24) is 24.6 Å². The van der Waals surface area contributed by atoms with Crippen molar-refractivity contribution in [3.63, 3.8) is 0 Å². The van der Waals surface area contributed by atoms with Crippen LogP contribution in [-0.2, 0) is 11.3 Å². The molecule has 0 bridgehead atoms. The van der Waals surface area contributed by atoms with Gasteiger partial charge in [-0.15, -0.1) is 0 Å². The van der Waals surface area contributed by atoms with Crippen molar-refractivity contribution in [1.29, 1.82) is 0 Å². The zero-order chi connectivity index (χ0) is 15.0. The van der Waals surface area contributed by atoms with Gasteiger partial charge in [-0.3, -0.25) is 9.48 Å². The molecule has 0 spiro atoms. The van der Waals surface area contributed by atoms with Crippen molar-refractivity contribution in [2.75, 3.05) is 6.54 Å². The third kappa shape index (κ3) is 2.70. The molecule has 1 saturated heterocycles. The van der Waals surface area contributed by atoms with Crippen LogP contribution in [0.15, 0.2) is 12.3 Å². The molecule has 1 fully saturated rings. The van der Waals surface area contributed by atoms with Crippen molar-refractivity contribution < 1.29 is 4.79 Å². The summed E-state index contributed by atoms with van der Waals surface area (Å²) in [6, 6.07) is 2.06. The minimum Gasteiger partial charge on any atom is -0.344 e. The standard InChI is InChI=1S/C15H21N5O/c1-10-7-12(3)20(18-10)9-14(21)19-6-4-5-13(19)15-16-8-11(2)17-15/h7-8,13H,4-6,9H2,1-3H3,(H,16,17)/t13-/m1/s1. The highest BCUT2D eigenvalue weighted by Crippen LogP contribution is 2.30. The molecule has 1 amide bonds. The number of nitrogens with zero attached hydrogens (tertiary/aromatic N) is 4. The Morgan fingerprint density at radius 3 is 2.86 bits per heavy atom. The van der Waals surface area contributed by atoms with Gasteiger partial charge in [0, 0.05) is 24.1 Å². The summed E-state index contributed by atoms with van der Waals surface area (Å²) in [4.78, 5) is 22.2. The van der Waals surface area contributed by atoms with Crippen LogP contribution in [0.1, 0.15) is 41.8 Å². The quantitative estimate of drug-likeness (QED) is 0.937.